The highest BCUT2D eigenvalue weighted by Gasteiger charge is 2.24. The van der Waals surface area contributed by atoms with E-state index in [-0.39, 0.29) is 16.5 Å². The maximum absolute atomic E-state index is 12.2. The van der Waals surface area contributed by atoms with Crippen LogP contribution < -0.4 is 9.46 Å². The molecular formula is C13H20ClNO4S2. The first-order chi connectivity index (χ1) is 9.72. The quantitative estimate of drug-likeness (QED) is 0.748. The lowest BCUT2D eigenvalue weighted by Gasteiger charge is -2.23. The average Bonchev–Trinajstić information content (AvgIpc) is 2.43. The van der Waals surface area contributed by atoms with Crippen LogP contribution >= 0.6 is 23.4 Å². The monoisotopic (exact) mass is 353 g/mol. The number of nitrogens with one attached hydrogen (secondary N) is 1. The Morgan fingerprint density at radius 3 is 2.67 bits per heavy atom. The number of sulfonamides is 1. The van der Waals surface area contributed by atoms with Gasteiger partial charge >= 0.3 is 0 Å². The van der Waals surface area contributed by atoms with Gasteiger partial charge in [-0.25, -0.2) is 13.1 Å². The van der Waals surface area contributed by atoms with Crippen molar-refractivity contribution in [3.05, 3.63) is 23.2 Å². The summed E-state index contributed by atoms with van der Waals surface area (Å²) in [4.78, 5) is 0.0361. The number of hydrogen-bond acceptors (Lipinski definition) is 5. The molecule has 1 aromatic carbocycles. The van der Waals surface area contributed by atoms with Crippen molar-refractivity contribution >= 4 is 33.4 Å². The maximum Gasteiger partial charge on any atom is 0.240 e. The zero-order chi connectivity index (χ0) is 16.1. The molecule has 1 atom stereocenters. The van der Waals surface area contributed by atoms with Crippen molar-refractivity contribution in [1.29, 1.82) is 0 Å². The Bertz CT molecular complexity index is 576. The number of benzene rings is 1. The zero-order valence-corrected chi connectivity index (χ0v) is 14.6. The van der Waals surface area contributed by atoms with Crippen LogP contribution in [0.1, 0.15) is 13.3 Å². The van der Waals surface area contributed by atoms with E-state index in [9.17, 15) is 13.5 Å². The molecule has 0 bridgehead atoms. The van der Waals surface area contributed by atoms with E-state index in [1.165, 1.54) is 25.3 Å². The molecule has 21 heavy (non-hydrogen) atoms. The third kappa shape index (κ3) is 5.67. The summed E-state index contributed by atoms with van der Waals surface area (Å²) in [5.74, 6) is 1.16. The SMILES string of the molecule is COc1ccc(S(=O)(=O)NC[C@@](C)(O)CCSC)cc1Cl. The first kappa shape index (κ1) is 18.6. The molecule has 0 aromatic heterocycles. The molecule has 0 aliphatic rings. The minimum atomic E-state index is -3.72. The van der Waals surface area contributed by atoms with Crippen LogP contribution in [0.5, 0.6) is 5.75 Å². The first-order valence-corrected chi connectivity index (χ1v) is 9.52. The van der Waals surface area contributed by atoms with Gasteiger partial charge in [-0.15, -0.1) is 0 Å². The molecule has 2 N–H and O–H groups in total. The van der Waals surface area contributed by atoms with Gasteiger partial charge in [-0.1, -0.05) is 11.6 Å². The number of halogens is 1. The number of rotatable bonds is 8. The molecule has 5 nitrogen and oxygen atoms in total. The molecule has 0 aliphatic heterocycles. The van der Waals surface area contributed by atoms with E-state index in [1.807, 2.05) is 6.26 Å². The summed E-state index contributed by atoms with van der Waals surface area (Å²) in [6.45, 7) is 1.55. The molecule has 0 fully saturated rings. The molecule has 1 aromatic rings. The number of aliphatic hydroxyl groups is 1. The van der Waals surface area contributed by atoms with Gasteiger partial charge in [0, 0.05) is 6.54 Å². The molecule has 120 valence electrons. The third-order valence-corrected chi connectivity index (χ3v) is 5.23. The molecule has 0 spiro atoms. The Kier molecular flexibility index (Phi) is 6.80. The van der Waals surface area contributed by atoms with Crippen LogP contribution in [0.4, 0.5) is 0 Å². The molecule has 0 saturated carbocycles. The highest BCUT2D eigenvalue weighted by atomic mass is 35.5. The second kappa shape index (κ2) is 7.69. The topological polar surface area (TPSA) is 75.6 Å². The Labute approximate surface area is 135 Å². The summed E-state index contributed by atoms with van der Waals surface area (Å²) in [6, 6.07) is 4.21. The number of ether oxygens (including phenoxy) is 1. The molecule has 0 amide bonds. The molecule has 0 unspecified atom stereocenters. The van der Waals surface area contributed by atoms with E-state index in [2.05, 4.69) is 4.72 Å². The molecule has 0 radical (unpaired) electrons. The van der Waals surface area contributed by atoms with Gasteiger partial charge in [-0.05, 0) is 43.6 Å². The van der Waals surface area contributed by atoms with Crippen molar-refractivity contribution < 1.29 is 18.3 Å². The fourth-order valence-corrected chi connectivity index (χ4v) is 3.71. The second-order valence-electron chi connectivity index (χ2n) is 4.86. The van der Waals surface area contributed by atoms with E-state index in [0.717, 1.165) is 5.75 Å². The number of thioether (sulfide) groups is 1. The van der Waals surface area contributed by atoms with Gasteiger partial charge in [0.25, 0.3) is 0 Å². The van der Waals surface area contributed by atoms with Gasteiger partial charge in [0.2, 0.25) is 10.0 Å². The summed E-state index contributed by atoms with van der Waals surface area (Å²) in [6.07, 6.45) is 2.43. The fourth-order valence-electron chi connectivity index (χ4n) is 1.56. The van der Waals surface area contributed by atoms with Gasteiger partial charge in [0.15, 0.2) is 0 Å². The van der Waals surface area contributed by atoms with Crippen LogP contribution in [-0.2, 0) is 10.0 Å². The number of hydrogen-bond donors (Lipinski definition) is 2. The van der Waals surface area contributed by atoms with Gasteiger partial charge < -0.3 is 9.84 Å². The Hall–Kier alpha value is -0.470. The Morgan fingerprint density at radius 1 is 1.48 bits per heavy atom. The fraction of sp³-hybridized carbons (Fsp3) is 0.538. The number of methoxy groups -OCH3 is 1. The van der Waals surface area contributed by atoms with Gasteiger partial charge in [-0.3, -0.25) is 0 Å². The van der Waals surface area contributed by atoms with E-state index in [1.54, 1.807) is 18.7 Å². The predicted molar refractivity (Wildman–Crippen MR) is 86.8 cm³/mol. The van der Waals surface area contributed by atoms with E-state index in [0.29, 0.717) is 12.2 Å². The van der Waals surface area contributed by atoms with Crippen LogP contribution in [0.25, 0.3) is 0 Å². The van der Waals surface area contributed by atoms with Crippen LogP contribution in [-0.4, -0.2) is 44.8 Å². The van der Waals surface area contributed by atoms with Crippen LogP contribution in [0.2, 0.25) is 5.02 Å². The normalized spacial score (nSPS) is 14.7. The summed E-state index contributed by atoms with van der Waals surface area (Å²) in [5, 5.41) is 10.3. The minimum absolute atomic E-state index is 0.0361. The molecule has 0 saturated heterocycles. The highest BCUT2D eigenvalue weighted by Crippen LogP contribution is 2.27. The van der Waals surface area contributed by atoms with Gasteiger partial charge in [0.1, 0.15) is 5.75 Å². The molecular weight excluding hydrogens is 334 g/mol. The lowest BCUT2D eigenvalue weighted by molar-refractivity contribution is 0.0626. The standard InChI is InChI=1S/C13H20ClNO4S2/c1-13(16,6-7-20-3)9-15-21(17,18)10-4-5-12(19-2)11(14)8-10/h4-5,8,15-16H,6-7,9H2,1-3H3/t13-/m0/s1. The molecule has 1 rings (SSSR count). The third-order valence-electron chi connectivity index (χ3n) is 2.92. The maximum atomic E-state index is 12.2. The lowest BCUT2D eigenvalue weighted by Crippen LogP contribution is -2.41. The smallest absolute Gasteiger partial charge is 0.240 e. The van der Waals surface area contributed by atoms with Crippen LogP contribution in [0, 0.1) is 0 Å². The minimum Gasteiger partial charge on any atom is -0.495 e. The highest BCUT2D eigenvalue weighted by molar-refractivity contribution is 7.98. The second-order valence-corrected chi connectivity index (χ2v) is 8.02. The van der Waals surface area contributed by atoms with Crippen molar-refractivity contribution in [3.63, 3.8) is 0 Å². The summed E-state index contributed by atoms with van der Waals surface area (Å²) < 4.78 is 31.7. The van der Waals surface area contributed by atoms with Crippen molar-refractivity contribution in [1.82, 2.24) is 4.72 Å². The van der Waals surface area contributed by atoms with E-state index < -0.39 is 15.6 Å². The molecule has 0 heterocycles. The average molecular weight is 354 g/mol. The predicted octanol–water partition coefficient (Wildman–Crippen LogP) is 2.13. The summed E-state index contributed by atoms with van der Waals surface area (Å²) >= 11 is 7.52. The van der Waals surface area contributed by atoms with E-state index >= 15 is 0 Å². The van der Waals surface area contributed by atoms with Crippen molar-refractivity contribution in [2.24, 2.45) is 0 Å². The van der Waals surface area contributed by atoms with Gasteiger partial charge in [0.05, 0.1) is 22.6 Å². The molecule has 8 heteroatoms. The van der Waals surface area contributed by atoms with Crippen LogP contribution in [0.3, 0.4) is 0 Å². The lowest BCUT2D eigenvalue weighted by atomic mass is 10.1. The van der Waals surface area contributed by atoms with Crippen LogP contribution in [0.15, 0.2) is 23.1 Å². The first-order valence-electron chi connectivity index (χ1n) is 6.26. The van der Waals surface area contributed by atoms with Crippen molar-refractivity contribution in [3.8, 4) is 5.75 Å². The Balaban J connectivity index is 2.80. The van der Waals surface area contributed by atoms with E-state index in [4.69, 9.17) is 16.3 Å². The Morgan fingerprint density at radius 2 is 2.14 bits per heavy atom. The molecule has 0 aliphatic carbocycles. The van der Waals surface area contributed by atoms with Gasteiger partial charge in [-0.2, -0.15) is 11.8 Å². The van der Waals surface area contributed by atoms with Crippen molar-refractivity contribution in [2.75, 3.05) is 25.7 Å². The van der Waals surface area contributed by atoms with Crippen molar-refractivity contribution in [2.45, 2.75) is 23.8 Å². The largest absolute Gasteiger partial charge is 0.495 e. The summed E-state index contributed by atoms with van der Waals surface area (Å²) in [5.41, 5.74) is -1.09. The zero-order valence-electron chi connectivity index (χ0n) is 12.2. The summed E-state index contributed by atoms with van der Waals surface area (Å²) in [7, 11) is -2.27.